The molecule has 2 nitrogen and oxygen atoms in total. The van der Waals surface area contributed by atoms with Crippen molar-refractivity contribution in [2.75, 3.05) is 13.1 Å². The van der Waals surface area contributed by atoms with Crippen LogP contribution < -0.4 is 5.32 Å². The molecule has 1 atom stereocenters. The van der Waals surface area contributed by atoms with E-state index in [4.69, 9.17) is 5.11 Å². The Labute approximate surface area is 85.0 Å². The first kappa shape index (κ1) is 10.8. The van der Waals surface area contributed by atoms with E-state index in [1.807, 2.05) is 30.3 Å². The fourth-order valence-corrected chi connectivity index (χ4v) is 1.01. The smallest absolute Gasteiger partial charge is 0.0636 e. The molecule has 2 N–H and O–H groups in total. The van der Waals surface area contributed by atoms with Gasteiger partial charge in [-0.05, 0) is 19.1 Å². The minimum atomic E-state index is -0.312. The lowest BCUT2D eigenvalue weighted by Gasteiger charge is -2.01. The third kappa shape index (κ3) is 4.66. The second kappa shape index (κ2) is 6.20. The lowest BCUT2D eigenvalue weighted by Crippen LogP contribution is -2.24. The highest BCUT2D eigenvalue weighted by Crippen LogP contribution is 1.93. The van der Waals surface area contributed by atoms with E-state index < -0.39 is 0 Å². The van der Waals surface area contributed by atoms with Gasteiger partial charge in [0.25, 0.3) is 0 Å². The Bertz CT molecular complexity index is 308. The topological polar surface area (TPSA) is 32.3 Å². The summed E-state index contributed by atoms with van der Waals surface area (Å²) in [5, 5.41) is 12.0. The summed E-state index contributed by atoms with van der Waals surface area (Å²) < 4.78 is 0. The van der Waals surface area contributed by atoms with Gasteiger partial charge >= 0.3 is 0 Å². The van der Waals surface area contributed by atoms with Gasteiger partial charge in [-0.15, -0.1) is 0 Å². The van der Waals surface area contributed by atoms with E-state index in [1.165, 1.54) is 0 Å². The number of rotatable bonds is 3. The van der Waals surface area contributed by atoms with Gasteiger partial charge in [-0.1, -0.05) is 30.0 Å². The van der Waals surface area contributed by atoms with Crippen LogP contribution in [0.1, 0.15) is 12.5 Å². The van der Waals surface area contributed by atoms with Crippen molar-refractivity contribution in [3.8, 4) is 11.8 Å². The highest BCUT2D eigenvalue weighted by atomic mass is 16.3. The van der Waals surface area contributed by atoms with E-state index in [0.717, 1.165) is 5.56 Å². The molecule has 0 amide bonds. The molecule has 0 aliphatic heterocycles. The highest BCUT2D eigenvalue weighted by molar-refractivity contribution is 5.33. The maximum Gasteiger partial charge on any atom is 0.0636 e. The molecule has 0 bridgehead atoms. The summed E-state index contributed by atoms with van der Waals surface area (Å²) >= 11 is 0. The molecule has 0 spiro atoms. The van der Waals surface area contributed by atoms with Crippen LogP contribution in [0, 0.1) is 11.8 Å². The maximum atomic E-state index is 8.96. The second-order valence-electron chi connectivity index (χ2n) is 3.15. The van der Waals surface area contributed by atoms with Crippen molar-refractivity contribution in [1.29, 1.82) is 0 Å². The fraction of sp³-hybridized carbons (Fsp3) is 0.333. The van der Waals surface area contributed by atoms with Crippen LogP contribution in [0.5, 0.6) is 0 Å². The molecule has 0 aromatic heterocycles. The molecule has 0 heterocycles. The highest BCUT2D eigenvalue weighted by Gasteiger charge is 1.90. The van der Waals surface area contributed by atoms with Crippen molar-refractivity contribution in [3.63, 3.8) is 0 Å². The normalized spacial score (nSPS) is 11.6. The monoisotopic (exact) mass is 189 g/mol. The molecule has 14 heavy (non-hydrogen) atoms. The zero-order valence-electron chi connectivity index (χ0n) is 8.33. The lowest BCUT2D eigenvalue weighted by atomic mass is 10.2. The van der Waals surface area contributed by atoms with Crippen molar-refractivity contribution in [2.45, 2.75) is 13.0 Å². The first-order valence-electron chi connectivity index (χ1n) is 4.72. The number of hydrogen-bond acceptors (Lipinski definition) is 2. The molecule has 0 saturated carbocycles. The molecule has 0 unspecified atom stereocenters. The first-order chi connectivity index (χ1) is 6.79. The van der Waals surface area contributed by atoms with Gasteiger partial charge in [0.1, 0.15) is 0 Å². The van der Waals surface area contributed by atoms with Crippen LogP contribution in [0.2, 0.25) is 0 Å². The van der Waals surface area contributed by atoms with Crippen molar-refractivity contribution in [3.05, 3.63) is 35.9 Å². The van der Waals surface area contributed by atoms with Gasteiger partial charge in [0.2, 0.25) is 0 Å². The molecule has 1 aromatic rings. The standard InChI is InChI=1S/C12H15NO/c1-11(14)10-13-9-5-8-12-6-3-2-4-7-12/h2-4,6-7,11,13-14H,9-10H2,1H3/t11-/m1/s1. The van der Waals surface area contributed by atoms with E-state index in [-0.39, 0.29) is 6.10 Å². The van der Waals surface area contributed by atoms with Crippen molar-refractivity contribution >= 4 is 0 Å². The molecule has 0 fully saturated rings. The Morgan fingerprint density at radius 3 is 2.71 bits per heavy atom. The average Bonchev–Trinajstić information content (AvgIpc) is 2.18. The van der Waals surface area contributed by atoms with E-state index in [1.54, 1.807) is 6.92 Å². The Morgan fingerprint density at radius 2 is 2.07 bits per heavy atom. The molecule has 0 radical (unpaired) electrons. The number of aliphatic hydroxyl groups excluding tert-OH is 1. The minimum absolute atomic E-state index is 0.312. The van der Waals surface area contributed by atoms with Crippen LogP contribution in [-0.4, -0.2) is 24.3 Å². The third-order valence-corrected chi connectivity index (χ3v) is 1.66. The third-order valence-electron chi connectivity index (χ3n) is 1.66. The molecule has 0 aliphatic carbocycles. The predicted octanol–water partition coefficient (Wildman–Crippen LogP) is 1.01. The minimum Gasteiger partial charge on any atom is -0.392 e. The zero-order chi connectivity index (χ0) is 10.2. The largest absolute Gasteiger partial charge is 0.392 e. The molecule has 1 aromatic carbocycles. The lowest BCUT2D eigenvalue weighted by molar-refractivity contribution is 0.193. The summed E-state index contributed by atoms with van der Waals surface area (Å²) in [7, 11) is 0. The van der Waals surface area contributed by atoms with E-state index in [9.17, 15) is 0 Å². The van der Waals surface area contributed by atoms with Crippen molar-refractivity contribution in [2.24, 2.45) is 0 Å². The van der Waals surface area contributed by atoms with Crippen LogP contribution in [-0.2, 0) is 0 Å². The summed E-state index contributed by atoms with van der Waals surface area (Å²) in [6.45, 7) is 2.95. The van der Waals surface area contributed by atoms with E-state index >= 15 is 0 Å². The van der Waals surface area contributed by atoms with E-state index in [0.29, 0.717) is 13.1 Å². The Hall–Kier alpha value is -1.30. The summed E-state index contributed by atoms with van der Waals surface area (Å²) in [6.07, 6.45) is -0.312. The SMILES string of the molecule is C[C@@H](O)CNCC#Cc1ccccc1. The number of nitrogens with one attached hydrogen (secondary N) is 1. The summed E-state index contributed by atoms with van der Waals surface area (Å²) in [4.78, 5) is 0. The molecule has 0 aliphatic rings. The molecule has 74 valence electrons. The first-order valence-corrected chi connectivity index (χ1v) is 4.72. The number of benzene rings is 1. The predicted molar refractivity (Wildman–Crippen MR) is 57.9 cm³/mol. The molecular weight excluding hydrogens is 174 g/mol. The second-order valence-corrected chi connectivity index (χ2v) is 3.15. The molecule has 2 heteroatoms. The number of hydrogen-bond donors (Lipinski definition) is 2. The molecule has 1 rings (SSSR count). The summed E-state index contributed by atoms with van der Waals surface area (Å²) in [5.74, 6) is 6.01. The quantitative estimate of drug-likeness (QED) is 0.549. The van der Waals surface area contributed by atoms with Gasteiger partial charge in [-0.3, -0.25) is 0 Å². The molecule has 0 saturated heterocycles. The van der Waals surface area contributed by atoms with E-state index in [2.05, 4.69) is 17.2 Å². The van der Waals surface area contributed by atoms with Crippen LogP contribution in [0.25, 0.3) is 0 Å². The Kier molecular flexibility index (Phi) is 4.77. The van der Waals surface area contributed by atoms with Gasteiger partial charge in [0, 0.05) is 12.1 Å². The Morgan fingerprint density at radius 1 is 1.36 bits per heavy atom. The summed E-state index contributed by atoms with van der Waals surface area (Å²) in [6, 6.07) is 9.85. The number of aliphatic hydroxyl groups is 1. The van der Waals surface area contributed by atoms with Gasteiger partial charge < -0.3 is 10.4 Å². The van der Waals surface area contributed by atoms with Crippen LogP contribution in [0.3, 0.4) is 0 Å². The van der Waals surface area contributed by atoms with Crippen molar-refractivity contribution in [1.82, 2.24) is 5.32 Å². The summed E-state index contributed by atoms with van der Waals surface area (Å²) in [5.41, 5.74) is 1.02. The fourth-order valence-electron chi connectivity index (χ4n) is 1.01. The Balaban J connectivity index is 2.28. The van der Waals surface area contributed by atoms with Gasteiger partial charge in [-0.2, -0.15) is 0 Å². The van der Waals surface area contributed by atoms with Crippen LogP contribution in [0.4, 0.5) is 0 Å². The van der Waals surface area contributed by atoms with Crippen LogP contribution >= 0.6 is 0 Å². The van der Waals surface area contributed by atoms with Crippen LogP contribution in [0.15, 0.2) is 30.3 Å². The van der Waals surface area contributed by atoms with Crippen molar-refractivity contribution < 1.29 is 5.11 Å². The average molecular weight is 189 g/mol. The van der Waals surface area contributed by atoms with Gasteiger partial charge in [0.15, 0.2) is 0 Å². The van der Waals surface area contributed by atoms with Gasteiger partial charge in [0.05, 0.1) is 12.6 Å². The maximum absolute atomic E-state index is 8.96. The van der Waals surface area contributed by atoms with Gasteiger partial charge in [-0.25, -0.2) is 0 Å². The molecular formula is C12H15NO. The zero-order valence-corrected chi connectivity index (χ0v) is 8.33.